The molecule has 1 aliphatic rings. The molecule has 78 heavy (non-hydrogen) atoms. The van der Waals surface area contributed by atoms with E-state index in [2.05, 4.69) is 25.0 Å². The SMILES string of the molecule is C#C[C@@H]1Cc2c(C(F)(F)F)nn(CC(=O)N[C@@H](Cc3cc(F)cc(F)c3)c3nc(CCC(C)(C)S(C)(=O)=O)ccc3-c3ccc(Cl)c4c(N(COC(=O)C(C)(C)COP(=O)(O)O)S(C)(=O)=O)nn(CC(F)(F)F)c34)c2C1(F)F. The molecule has 3 heterocycles. The van der Waals surface area contributed by atoms with E-state index in [1.807, 2.05) is 0 Å². The Hall–Kier alpha value is -5.83. The standard InChI is InChI=1S/C46H47ClF10N7O11PS2/c1-8-25-18-31-38(46(55,56)57)60-62(39(31)45(25,53)54)20-34(65)59-33(17-24-15-26(48)19-27(49)16-24)36-29(10-9-28(58-36)13-14-43(4,5)77(6,70)71)30-11-12-32(47)35-37(30)63(21-44(50,51)52)61-40(35)64(78(7,72)73)23-74-41(66)42(2,3)22-75-76(67,68)69/h1,9-12,15-16,19,25,33H,13-14,17-18,20-23H2,2-7H3,(H,59,65)(H2,67,68,69)/t25-,33+/m1/s1. The monoisotopic (exact) mass is 1190 g/mol. The first-order chi connectivity index (χ1) is 35.5. The molecule has 1 aliphatic carbocycles. The summed E-state index contributed by atoms with van der Waals surface area (Å²) in [7, 11) is -13.7. The fourth-order valence-electron chi connectivity index (χ4n) is 8.26. The van der Waals surface area contributed by atoms with Crippen molar-refractivity contribution in [2.45, 2.75) is 95.5 Å². The van der Waals surface area contributed by atoms with Crippen molar-refractivity contribution in [2.75, 3.05) is 30.2 Å². The van der Waals surface area contributed by atoms with Crippen LogP contribution in [0, 0.1) is 35.3 Å². The number of benzene rings is 2. The minimum atomic E-state index is -5.33. The Labute approximate surface area is 443 Å². The average Bonchev–Trinajstić information content (AvgIpc) is 3.96. The van der Waals surface area contributed by atoms with Gasteiger partial charge in [-0.25, -0.2) is 34.5 Å². The predicted octanol–water partition coefficient (Wildman–Crippen LogP) is 7.96. The number of sulfonamides is 1. The average molecular weight is 1190 g/mol. The summed E-state index contributed by atoms with van der Waals surface area (Å²) in [6, 6.07) is 4.88. The number of rotatable bonds is 20. The Bertz CT molecular complexity index is 3490. The number of amides is 1. The zero-order valence-electron chi connectivity index (χ0n) is 41.6. The number of hydrogen-bond donors (Lipinski definition) is 3. The summed E-state index contributed by atoms with van der Waals surface area (Å²) in [5.41, 5.74) is -7.99. The molecule has 18 nitrogen and oxygen atoms in total. The Morgan fingerprint density at radius 3 is 2.14 bits per heavy atom. The minimum Gasteiger partial charge on any atom is -0.443 e. The number of aromatic nitrogens is 5. The largest absolute Gasteiger partial charge is 0.469 e. The zero-order chi connectivity index (χ0) is 58.7. The van der Waals surface area contributed by atoms with Crippen molar-refractivity contribution >= 4 is 67.9 Å². The molecule has 426 valence electrons. The van der Waals surface area contributed by atoms with E-state index >= 15 is 8.78 Å². The molecule has 1 amide bonds. The van der Waals surface area contributed by atoms with Crippen molar-refractivity contribution in [1.82, 2.24) is 29.9 Å². The van der Waals surface area contributed by atoms with Crippen LogP contribution in [0.2, 0.25) is 5.02 Å². The van der Waals surface area contributed by atoms with Crippen LogP contribution in [-0.4, -0.2) is 99.8 Å². The number of alkyl halides is 8. The summed E-state index contributed by atoms with van der Waals surface area (Å²) in [6.45, 7) is -0.769. The maximum absolute atomic E-state index is 15.7. The number of nitrogens with one attached hydrogen (secondary N) is 1. The lowest BCUT2D eigenvalue weighted by molar-refractivity contribution is -0.155. The fourth-order valence-corrected chi connectivity index (χ4v) is 10.1. The van der Waals surface area contributed by atoms with E-state index < -0.39 is 175 Å². The van der Waals surface area contributed by atoms with Crippen molar-refractivity contribution in [3.63, 3.8) is 0 Å². The molecule has 32 heteroatoms. The number of esters is 1. The van der Waals surface area contributed by atoms with E-state index in [-0.39, 0.29) is 48.9 Å². The molecule has 0 saturated heterocycles. The van der Waals surface area contributed by atoms with Crippen molar-refractivity contribution in [1.29, 1.82) is 0 Å². The number of aryl methyl sites for hydroxylation is 1. The van der Waals surface area contributed by atoms with Gasteiger partial charge in [-0.15, -0.1) is 6.42 Å². The molecule has 6 rings (SSSR count). The molecule has 2 atom stereocenters. The number of phosphoric ester groups is 1. The molecule has 3 N–H and O–H groups in total. The highest BCUT2D eigenvalue weighted by atomic mass is 35.5. The summed E-state index contributed by atoms with van der Waals surface area (Å²) in [5.74, 6) is -10.5. The van der Waals surface area contributed by atoms with Gasteiger partial charge in [0, 0.05) is 34.7 Å². The molecule has 0 saturated carbocycles. The third-order valence-electron chi connectivity index (χ3n) is 12.5. The topological polar surface area (TPSA) is 242 Å². The number of halogens is 11. The van der Waals surface area contributed by atoms with Crippen LogP contribution >= 0.6 is 19.4 Å². The first-order valence-corrected chi connectivity index (χ1v) is 28.3. The molecule has 0 bridgehead atoms. The minimum absolute atomic E-state index is 0.00344. The molecule has 0 radical (unpaired) electrons. The van der Waals surface area contributed by atoms with Crippen molar-refractivity contribution < 1.29 is 93.9 Å². The number of nitrogens with zero attached hydrogens (tertiary/aromatic N) is 6. The maximum Gasteiger partial charge on any atom is 0.469 e. The third-order valence-corrected chi connectivity index (χ3v) is 16.6. The molecule has 0 unspecified atom stereocenters. The van der Waals surface area contributed by atoms with Gasteiger partial charge in [-0.2, -0.15) is 45.3 Å². The first-order valence-electron chi connectivity index (χ1n) is 22.6. The Balaban J connectivity index is 1.60. The molecule has 3 aromatic heterocycles. The van der Waals surface area contributed by atoms with Crippen LogP contribution in [-0.2, 0) is 87.7 Å². The second-order valence-corrected chi connectivity index (χ2v) is 25.7. The molecule has 0 fully saturated rings. The van der Waals surface area contributed by atoms with Crippen LogP contribution in [0.15, 0.2) is 42.5 Å². The number of phosphoric acid groups is 1. The first kappa shape index (κ1) is 61.4. The Kier molecular flexibility index (Phi) is 17.1. The summed E-state index contributed by atoms with van der Waals surface area (Å²) < 4.78 is 220. The fraction of sp³-hybridized carbons (Fsp3) is 0.457. The van der Waals surface area contributed by atoms with Gasteiger partial charge in [-0.3, -0.25) is 28.5 Å². The van der Waals surface area contributed by atoms with Gasteiger partial charge in [0.05, 0.1) is 56.6 Å². The van der Waals surface area contributed by atoms with Gasteiger partial charge in [-0.1, -0.05) is 29.7 Å². The summed E-state index contributed by atoms with van der Waals surface area (Å²) in [4.78, 5) is 50.5. The molecule has 0 spiro atoms. The van der Waals surface area contributed by atoms with E-state index in [0.717, 1.165) is 44.4 Å². The van der Waals surface area contributed by atoms with E-state index in [0.29, 0.717) is 12.3 Å². The highest BCUT2D eigenvalue weighted by Gasteiger charge is 2.55. The van der Waals surface area contributed by atoms with Crippen molar-refractivity contribution in [3.8, 4) is 23.5 Å². The number of anilines is 1. The number of terminal acetylenes is 1. The van der Waals surface area contributed by atoms with Gasteiger partial charge in [0.2, 0.25) is 15.9 Å². The summed E-state index contributed by atoms with van der Waals surface area (Å²) in [6.07, 6.45) is -5.83. The smallest absolute Gasteiger partial charge is 0.443 e. The number of pyridine rings is 1. The van der Waals surface area contributed by atoms with Crippen LogP contribution in [0.25, 0.3) is 22.0 Å². The van der Waals surface area contributed by atoms with Crippen LogP contribution in [0.1, 0.15) is 74.1 Å². The van der Waals surface area contributed by atoms with Crippen LogP contribution in [0.4, 0.5) is 49.7 Å². The number of sulfone groups is 1. The lowest BCUT2D eigenvalue weighted by Gasteiger charge is -2.25. The second-order valence-electron chi connectivity index (χ2n) is 19.5. The van der Waals surface area contributed by atoms with Gasteiger partial charge >= 0.3 is 32.1 Å². The van der Waals surface area contributed by atoms with Crippen molar-refractivity contribution in [3.05, 3.63) is 93.0 Å². The lowest BCUT2D eigenvalue weighted by atomic mass is 9.93. The van der Waals surface area contributed by atoms with Gasteiger partial charge in [0.15, 0.2) is 28.1 Å². The molecule has 0 aliphatic heterocycles. The Morgan fingerprint density at radius 1 is 0.974 bits per heavy atom. The van der Waals surface area contributed by atoms with Gasteiger partial charge in [0.1, 0.15) is 30.4 Å². The molecular formula is C46H47ClF10N7O11PS2. The number of carbonyl (C=O) groups is 2. The van der Waals surface area contributed by atoms with E-state index in [4.69, 9.17) is 32.5 Å². The van der Waals surface area contributed by atoms with Crippen molar-refractivity contribution in [2.24, 2.45) is 11.3 Å². The predicted molar refractivity (Wildman–Crippen MR) is 259 cm³/mol. The number of ether oxygens (including phenoxy) is 1. The molecule has 5 aromatic rings. The highest BCUT2D eigenvalue weighted by molar-refractivity contribution is 7.92. The van der Waals surface area contributed by atoms with Gasteiger partial charge in [-0.05, 0) is 83.2 Å². The van der Waals surface area contributed by atoms with Gasteiger partial charge in [0.25, 0.3) is 0 Å². The maximum atomic E-state index is 15.7. The normalized spacial score (nSPS) is 15.7. The van der Waals surface area contributed by atoms with Crippen LogP contribution in [0.5, 0.6) is 0 Å². The van der Waals surface area contributed by atoms with Crippen LogP contribution < -0.4 is 9.62 Å². The quantitative estimate of drug-likeness (QED) is 0.0220. The van der Waals surface area contributed by atoms with E-state index in [1.165, 1.54) is 26.0 Å². The van der Waals surface area contributed by atoms with Crippen LogP contribution in [0.3, 0.4) is 0 Å². The number of carbonyl (C=O) groups excluding carboxylic acids is 2. The van der Waals surface area contributed by atoms with E-state index in [1.54, 1.807) is 5.92 Å². The van der Waals surface area contributed by atoms with Gasteiger partial charge < -0.3 is 19.8 Å². The molecule has 2 aromatic carbocycles. The highest BCUT2D eigenvalue weighted by Crippen LogP contribution is 2.50. The summed E-state index contributed by atoms with van der Waals surface area (Å²) >= 11 is 6.67. The van der Waals surface area contributed by atoms with E-state index in [9.17, 15) is 66.1 Å². The Morgan fingerprint density at radius 2 is 1.59 bits per heavy atom. The third kappa shape index (κ3) is 13.8. The number of hydrogen-bond acceptors (Lipinski definition) is 12. The summed E-state index contributed by atoms with van der Waals surface area (Å²) in [5, 5.41) is 8.62. The zero-order valence-corrected chi connectivity index (χ0v) is 44.9. The second kappa shape index (κ2) is 21.7. The molecular weight excluding hydrogens is 1150 g/mol. The number of fused-ring (bicyclic) bond motifs is 2. The lowest BCUT2D eigenvalue weighted by Crippen LogP contribution is -2.38.